The standard InChI is InChI=1S/C14H20N6O/c1-11(16-10-15-8-5-9-19(2)3)12-6-4-7-13-14(12)17-18-20(13)21/h4,6-7,11,21H,5,8-9H2,1-3H3. The van der Waals surface area contributed by atoms with Gasteiger partial charge in [-0.2, -0.15) is 0 Å². The SMILES string of the molecule is CC(N=C=NCCCN(C)C)c1cccc2c1nnn2O. The van der Waals surface area contributed by atoms with Gasteiger partial charge in [-0.3, -0.25) is 0 Å². The quantitative estimate of drug-likeness (QED) is 0.500. The molecule has 0 radical (unpaired) electrons. The number of fused-ring (bicyclic) bond motifs is 1. The second-order valence-corrected chi connectivity index (χ2v) is 5.14. The Bertz CT molecular complexity index is 657. The van der Waals surface area contributed by atoms with Gasteiger partial charge in [0.2, 0.25) is 0 Å². The van der Waals surface area contributed by atoms with Crippen molar-refractivity contribution >= 4 is 17.0 Å². The Morgan fingerprint density at radius 1 is 1.43 bits per heavy atom. The van der Waals surface area contributed by atoms with Crippen LogP contribution in [0.2, 0.25) is 0 Å². The van der Waals surface area contributed by atoms with Crippen molar-refractivity contribution in [2.75, 3.05) is 27.2 Å². The fraction of sp³-hybridized carbons (Fsp3) is 0.500. The van der Waals surface area contributed by atoms with Crippen LogP contribution in [0.1, 0.15) is 24.9 Å². The maximum Gasteiger partial charge on any atom is 0.131 e. The molecule has 2 rings (SSSR count). The summed E-state index contributed by atoms with van der Waals surface area (Å²) in [6.45, 7) is 3.65. The van der Waals surface area contributed by atoms with Gasteiger partial charge in [-0.05, 0) is 45.3 Å². The maximum atomic E-state index is 9.51. The smallest absolute Gasteiger partial charge is 0.131 e. The molecule has 1 aromatic heterocycles. The number of rotatable bonds is 6. The number of aromatic nitrogens is 3. The molecule has 0 aliphatic rings. The number of hydrogen-bond donors (Lipinski definition) is 1. The van der Waals surface area contributed by atoms with Gasteiger partial charge in [-0.1, -0.05) is 17.0 Å². The van der Waals surface area contributed by atoms with Crippen LogP contribution in [0, 0.1) is 0 Å². The van der Waals surface area contributed by atoms with Crippen LogP contribution >= 0.6 is 0 Å². The fourth-order valence-corrected chi connectivity index (χ4v) is 2.00. The van der Waals surface area contributed by atoms with Crippen LogP contribution in [-0.2, 0) is 0 Å². The van der Waals surface area contributed by atoms with E-state index < -0.39 is 0 Å². The molecule has 7 nitrogen and oxygen atoms in total. The second-order valence-electron chi connectivity index (χ2n) is 5.14. The highest BCUT2D eigenvalue weighted by Gasteiger charge is 2.12. The highest BCUT2D eigenvalue weighted by atomic mass is 16.5. The van der Waals surface area contributed by atoms with Gasteiger partial charge in [0.15, 0.2) is 0 Å². The summed E-state index contributed by atoms with van der Waals surface area (Å²) in [5.74, 6) is 0. The predicted octanol–water partition coefficient (Wildman–Crippen LogP) is 1.86. The molecule has 21 heavy (non-hydrogen) atoms. The minimum atomic E-state index is -0.136. The monoisotopic (exact) mass is 288 g/mol. The van der Waals surface area contributed by atoms with E-state index in [-0.39, 0.29) is 6.04 Å². The molecular weight excluding hydrogens is 268 g/mol. The van der Waals surface area contributed by atoms with E-state index in [0.717, 1.165) is 23.4 Å². The van der Waals surface area contributed by atoms with Crippen molar-refractivity contribution in [2.24, 2.45) is 9.98 Å². The van der Waals surface area contributed by atoms with Crippen molar-refractivity contribution in [3.8, 4) is 0 Å². The Kier molecular flexibility index (Phi) is 5.03. The molecule has 7 heteroatoms. The molecular formula is C14H20N6O. The van der Waals surface area contributed by atoms with E-state index in [1.807, 2.05) is 33.2 Å². The van der Waals surface area contributed by atoms with Gasteiger partial charge in [0, 0.05) is 5.56 Å². The molecule has 0 saturated carbocycles. The summed E-state index contributed by atoms with van der Waals surface area (Å²) in [7, 11) is 4.07. The fourth-order valence-electron chi connectivity index (χ4n) is 2.00. The average molecular weight is 288 g/mol. The molecule has 0 aliphatic heterocycles. The lowest BCUT2D eigenvalue weighted by Crippen LogP contribution is -2.13. The summed E-state index contributed by atoms with van der Waals surface area (Å²) in [4.78, 5) is 11.3. The van der Waals surface area contributed by atoms with Gasteiger partial charge in [-0.15, -0.1) is 5.10 Å². The van der Waals surface area contributed by atoms with Crippen molar-refractivity contribution in [3.05, 3.63) is 23.8 Å². The summed E-state index contributed by atoms with van der Waals surface area (Å²) >= 11 is 0. The number of aliphatic imine (C=N–C) groups is 2. The first-order chi connectivity index (χ1) is 10.1. The first kappa shape index (κ1) is 15.2. The van der Waals surface area contributed by atoms with Crippen molar-refractivity contribution in [1.82, 2.24) is 20.1 Å². The third-order valence-electron chi connectivity index (χ3n) is 3.14. The van der Waals surface area contributed by atoms with Crippen molar-refractivity contribution in [2.45, 2.75) is 19.4 Å². The van der Waals surface area contributed by atoms with Crippen LogP contribution in [0.15, 0.2) is 28.2 Å². The first-order valence-corrected chi connectivity index (χ1v) is 6.89. The number of nitrogens with zero attached hydrogens (tertiary/aromatic N) is 6. The first-order valence-electron chi connectivity index (χ1n) is 6.89. The minimum absolute atomic E-state index is 0.136. The number of benzene rings is 1. The zero-order valence-corrected chi connectivity index (χ0v) is 12.6. The van der Waals surface area contributed by atoms with Crippen molar-refractivity contribution < 1.29 is 5.21 Å². The van der Waals surface area contributed by atoms with E-state index in [2.05, 4.69) is 31.2 Å². The van der Waals surface area contributed by atoms with Crippen molar-refractivity contribution in [1.29, 1.82) is 0 Å². The summed E-state index contributed by atoms with van der Waals surface area (Å²) in [5, 5.41) is 17.1. The summed E-state index contributed by atoms with van der Waals surface area (Å²) in [5.41, 5.74) is 2.10. The zero-order chi connectivity index (χ0) is 15.2. The summed E-state index contributed by atoms with van der Waals surface area (Å²) in [6.07, 6.45) is 0.984. The third kappa shape index (κ3) is 3.87. The van der Waals surface area contributed by atoms with E-state index in [0.29, 0.717) is 17.6 Å². The zero-order valence-electron chi connectivity index (χ0n) is 12.6. The summed E-state index contributed by atoms with van der Waals surface area (Å²) in [6, 6.07) is 8.12. The predicted molar refractivity (Wildman–Crippen MR) is 81.0 cm³/mol. The van der Waals surface area contributed by atoms with Crippen molar-refractivity contribution in [3.63, 3.8) is 0 Å². The van der Waals surface area contributed by atoms with Crippen LogP contribution in [0.3, 0.4) is 0 Å². The highest BCUT2D eigenvalue weighted by Crippen LogP contribution is 2.23. The normalized spacial score (nSPS) is 12.4. The van der Waals surface area contributed by atoms with Gasteiger partial charge in [0.25, 0.3) is 0 Å². The van der Waals surface area contributed by atoms with Gasteiger partial charge in [0.05, 0.1) is 18.6 Å². The molecule has 1 heterocycles. The van der Waals surface area contributed by atoms with Crippen LogP contribution in [-0.4, -0.2) is 58.5 Å². The Morgan fingerprint density at radius 3 is 3.00 bits per heavy atom. The molecule has 112 valence electrons. The van der Waals surface area contributed by atoms with E-state index in [1.165, 1.54) is 0 Å². The van der Waals surface area contributed by atoms with E-state index in [4.69, 9.17) is 0 Å². The van der Waals surface area contributed by atoms with Crippen LogP contribution in [0.25, 0.3) is 11.0 Å². The van der Waals surface area contributed by atoms with Crippen LogP contribution in [0.4, 0.5) is 0 Å². The topological polar surface area (TPSA) is 78.9 Å². The minimum Gasteiger partial charge on any atom is -0.410 e. The van der Waals surface area contributed by atoms with E-state index >= 15 is 0 Å². The van der Waals surface area contributed by atoms with Gasteiger partial charge in [-0.25, -0.2) is 9.98 Å². The Hall–Kier alpha value is -2.24. The second kappa shape index (κ2) is 6.97. The number of hydrogen-bond acceptors (Lipinski definition) is 6. The molecule has 0 fully saturated rings. The lowest BCUT2D eigenvalue weighted by molar-refractivity contribution is 0.155. The highest BCUT2D eigenvalue weighted by molar-refractivity contribution is 5.78. The van der Waals surface area contributed by atoms with E-state index in [9.17, 15) is 5.21 Å². The van der Waals surface area contributed by atoms with Gasteiger partial charge in [0.1, 0.15) is 11.0 Å². The molecule has 1 atom stereocenters. The molecule has 2 aromatic rings. The Morgan fingerprint density at radius 2 is 2.24 bits per heavy atom. The molecule has 0 aliphatic carbocycles. The van der Waals surface area contributed by atoms with Gasteiger partial charge < -0.3 is 10.1 Å². The maximum absolute atomic E-state index is 9.51. The van der Waals surface area contributed by atoms with Crippen LogP contribution < -0.4 is 0 Å². The largest absolute Gasteiger partial charge is 0.410 e. The third-order valence-corrected chi connectivity index (χ3v) is 3.14. The Labute approximate surface area is 123 Å². The lowest BCUT2D eigenvalue weighted by Gasteiger charge is -2.06. The molecule has 0 saturated heterocycles. The lowest BCUT2D eigenvalue weighted by atomic mass is 10.1. The molecule has 0 bridgehead atoms. The molecule has 0 amide bonds. The molecule has 1 unspecified atom stereocenters. The summed E-state index contributed by atoms with van der Waals surface area (Å²) < 4.78 is 0. The molecule has 1 aromatic carbocycles. The molecule has 0 spiro atoms. The molecule has 1 N–H and O–H groups in total. The van der Waals surface area contributed by atoms with Gasteiger partial charge >= 0.3 is 0 Å². The van der Waals surface area contributed by atoms with E-state index in [1.54, 1.807) is 6.07 Å². The van der Waals surface area contributed by atoms with Crippen LogP contribution in [0.5, 0.6) is 0 Å². The Balaban J connectivity index is 2.05. The average Bonchev–Trinajstić information content (AvgIpc) is 2.84.